The predicted octanol–water partition coefficient (Wildman–Crippen LogP) is 1.49. The van der Waals surface area contributed by atoms with Gasteiger partial charge in [-0.05, 0) is 12.1 Å². The zero-order chi connectivity index (χ0) is 11.5. The normalized spacial score (nSPS) is 12.7. The van der Waals surface area contributed by atoms with Gasteiger partial charge in [-0.15, -0.1) is 0 Å². The molecule has 1 heterocycles. The average molecular weight is 284 g/mol. The number of hydrogen-bond donors (Lipinski definition) is 2. The third-order valence-corrected chi connectivity index (χ3v) is 2.76. The fourth-order valence-corrected chi connectivity index (χ4v) is 1.68. The highest BCUT2D eigenvalue weighted by molar-refractivity contribution is 9.10. The molecule has 1 aromatic carbocycles. The largest absolute Gasteiger partial charge is 0.394 e. The van der Waals surface area contributed by atoms with Crippen molar-refractivity contribution in [2.75, 3.05) is 6.61 Å². The Hall–Kier alpha value is -1.24. The molecule has 2 aromatic rings. The van der Waals surface area contributed by atoms with Gasteiger partial charge in [0.05, 0.1) is 6.61 Å². The SMILES string of the molecule is N[C@@H](CO)c1nc(-c2ccccc2Br)no1. The quantitative estimate of drug-likeness (QED) is 0.892. The number of aromatic nitrogens is 2. The molecule has 0 radical (unpaired) electrons. The van der Waals surface area contributed by atoms with Crippen LogP contribution in [-0.2, 0) is 0 Å². The summed E-state index contributed by atoms with van der Waals surface area (Å²) in [4.78, 5) is 4.12. The monoisotopic (exact) mass is 283 g/mol. The van der Waals surface area contributed by atoms with Gasteiger partial charge >= 0.3 is 0 Å². The van der Waals surface area contributed by atoms with E-state index in [1.807, 2.05) is 24.3 Å². The van der Waals surface area contributed by atoms with Crippen LogP contribution in [0.5, 0.6) is 0 Å². The van der Waals surface area contributed by atoms with Crippen molar-refractivity contribution < 1.29 is 9.63 Å². The zero-order valence-electron chi connectivity index (χ0n) is 8.30. The molecule has 1 aromatic heterocycles. The first kappa shape index (κ1) is 11.3. The van der Waals surface area contributed by atoms with Crippen LogP contribution in [0.4, 0.5) is 0 Å². The molecule has 0 saturated carbocycles. The molecule has 0 spiro atoms. The fourth-order valence-electron chi connectivity index (χ4n) is 1.22. The molecule has 0 fully saturated rings. The molecule has 0 aliphatic carbocycles. The second kappa shape index (κ2) is 4.73. The highest BCUT2D eigenvalue weighted by Gasteiger charge is 2.15. The molecular weight excluding hydrogens is 274 g/mol. The minimum atomic E-state index is -0.635. The van der Waals surface area contributed by atoms with Crippen molar-refractivity contribution in [2.45, 2.75) is 6.04 Å². The number of aliphatic hydroxyl groups is 1. The van der Waals surface area contributed by atoms with Gasteiger partial charge in [-0.3, -0.25) is 0 Å². The third-order valence-electron chi connectivity index (χ3n) is 2.07. The maximum absolute atomic E-state index is 8.86. The third kappa shape index (κ3) is 2.13. The van der Waals surface area contributed by atoms with E-state index in [1.165, 1.54) is 0 Å². The Labute approximate surface area is 100 Å². The minimum absolute atomic E-state index is 0.225. The van der Waals surface area contributed by atoms with Crippen LogP contribution >= 0.6 is 15.9 Å². The standard InChI is InChI=1S/C10H10BrN3O2/c11-7-4-2-1-3-6(7)9-13-10(16-14-9)8(12)5-15/h1-4,8,15H,5,12H2/t8-/m0/s1. The molecule has 16 heavy (non-hydrogen) atoms. The summed E-state index contributed by atoms with van der Waals surface area (Å²) in [6.07, 6.45) is 0. The first-order valence-electron chi connectivity index (χ1n) is 4.67. The number of benzene rings is 1. The average Bonchev–Trinajstić information content (AvgIpc) is 2.78. The molecule has 6 heteroatoms. The number of halogens is 1. The number of hydrogen-bond acceptors (Lipinski definition) is 5. The van der Waals surface area contributed by atoms with E-state index in [1.54, 1.807) is 0 Å². The van der Waals surface area contributed by atoms with Crippen LogP contribution in [0.1, 0.15) is 11.9 Å². The second-order valence-corrected chi connectivity index (χ2v) is 4.08. The molecule has 84 valence electrons. The van der Waals surface area contributed by atoms with E-state index in [0.29, 0.717) is 5.82 Å². The molecule has 1 atom stereocenters. The first-order chi connectivity index (χ1) is 7.72. The summed E-state index contributed by atoms with van der Waals surface area (Å²) in [5.41, 5.74) is 6.39. The van der Waals surface area contributed by atoms with Gasteiger partial charge in [0, 0.05) is 10.0 Å². The van der Waals surface area contributed by atoms with Crippen LogP contribution in [0, 0.1) is 0 Å². The maximum atomic E-state index is 8.86. The number of nitrogens with zero attached hydrogens (tertiary/aromatic N) is 2. The van der Waals surface area contributed by atoms with E-state index in [4.69, 9.17) is 15.4 Å². The summed E-state index contributed by atoms with van der Waals surface area (Å²) in [5.74, 6) is 0.680. The lowest BCUT2D eigenvalue weighted by Gasteiger charge is -1.99. The van der Waals surface area contributed by atoms with E-state index >= 15 is 0 Å². The van der Waals surface area contributed by atoms with Gasteiger partial charge in [0.25, 0.3) is 0 Å². The van der Waals surface area contributed by atoms with Crippen LogP contribution < -0.4 is 5.73 Å². The van der Waals surface area contributed by atoms with Gasteiger partial charge in [0.15, 0.2) is 0 Å². The summed E-state index contributed by atoms with van der Waals surface area (Å²) < 4.78 is 5.83. The fraction of sp³-hybridized carbons (Fsp3) is 0.200. The summed E-state index contributed by atoms with van der Waals surface area (Å²) >= 11 is 3.39. The lowest BCUT2D eigenvalue weighted by molar-refractivity contribution is 0.237. The Bertz CT molecular complexity index is 486. The van der Waals surface area contributed by atoms with E-state index in [-0.39, 0.29) is 12.5 Å². The summed E-state index contributed by atoms with van der Waals surface area (Å²) in [6, 6.07) is 6.89. The topological polar surface area (TPSA) is 85.2 Å². The molecule has 0 bridgehead atoms. The van der Waals surface area contributed by atoms with E-state index in [2.05, 4.69) is 26.1 Å². The number of nitrogens with two attached hydrogens (primary N) is 1. The van der Waals surface area contributed by atoms with Crippen molar-refractivity contribution in [3.63, 3.8) is 0 Å². The molecule has 0 amide bonds. The van der Waals surface area contributed by atoms with Crippen molar-refractivity contribution in [1.82, 2.24) is 10.1 Å². The lowest BCUT2D eigenvalue weighted by Crippen LogP contribution is -2.14. The number of aliphatic hydroxyl groups excluding tert-OH is 1. The molecule has 0 aliphatic rings. The second-order valence-electron chi connectivity index (χ2n) is 3.23. The van der Waals surface area contributed by atoms with E-state index in [9.17, 15) is 0 Å². The van der Waals surface area contributed by atoms with E-state index < -0.39 is 6.04 Å². The Morgan fingerprint density at radius 3 is 2.88 bits per heavy atom. The van der Waals surface area contributed by atoms with Gasteiger partial charge in [0.2, 0.25) is 11.7 Å². The predicted molar refractivity (Wildman–Crippen MR) is 61.4 cm³/mol. The summed E-state index contributed by atoms with van der Waals surface area (Å²) in [5, 5.41) is 12.7. The van der Waals surface area contributed by atoms with Crippen molar-refractivity contribution in [3.8, 4) is 11.4 Å². The number of rotatable bonds is 3. The van der Waals surface area contributed by atoms with Crippen LogP contribution in [0.3, 0.4) is 0 Å². The molecular formula is C10H10BrN3O2. The maximum Gasteiger partial charge on any atom is 0.246 e. The Morgan fingerprint density at radius 1 is 1.44 bits per heavy atom. The molecule has 0 saturated heterocycles. The van der Waals surface area contributed by atoms with Gasteiger partial charge < -0.3 is 15.4 Å². The smallest absolute Gasteiger partial charge is 0.246 e. The van der Waals surface area contributed by atoms with Crippen LogP contribution in [0.15, 0.2) is 33.3 Å². The van der Waals surface area contributed by atoms with Gasteiger partial charge in [-0.1, -0.05) is 33.2 Å². The molecule has 2 rings (SSSR count). The van der Waals surface area contributed by atoms with Gasteiger partial charge in [-0.2, -0.15) is 4.98 Å². The summed E-state index contributed by atoms with van der Waals surface area (Å²) in [7, 11) is 0. The highest BCUT2D eigenvalue weighted by Crippen LogP contribution is 2.25. The van der Waals surface area contributed by atoms with Crippen LogP contribution in [-0.4, -0.2) is 21.9 Å². The molecule has 0 aliphatic heterocycles. The minimum Gasteiger partial charge on any atom is -0.394 e. The molecule has 0 unspecified atom stereocenters. The van der Waals surface area contributed by atoms with Crippen LogP contribution in [0.2, 0.25) is 0 Å². The van der Waals surface area contributed by atoms with Crippen molar-refractivity contribution in [3.05, 3.63) is 34.6 Å². The molecule has 5 nitrogen and oxygen atoms in total. The Balaban J connectivity index is 2.35. The lowest BCUT2D eigenvalue weighted by atomic mass is 10.2. The zero-order valence-corrected chi connectivity index (χ0v) is 9.89. The van der Waals surface area contributed by atoms with Crippen LogP contribution in [0.25, 0.3) is 11.4 Å². The van der Waals surface area contributed by atoms with Crippen molar-refractivity contribution in [2.24, 2.45) is 5.73 Å². The van der Waals surface area contributed by atoms with E-state index in [0.717, 1.165) is 10.0 Å². The summed E-state index contributed by atoms with van der Waals surface area (Å²) in [6.45, 7) is -0.225. The van der Waals surface area contributed by atoms with Gasteiger partial charge in [-0.25, -0.2) is 0 Å². The first-order valence-corrected chi connectivity index (χ1v) is 5.46. The highest BCUT2D eigenvalue weighted by atomic mass is 79.9. The van der Waals surface area contributed by atoms with Crippen molar-refractivity contribution in [1.29, 1.82) is 0 Å². The Morgan fingerprint density at radius 2 is 2.19 bits per heavy atom. The van der Waals surface area contributed by atoms with Crippen molar-refractivity contribution >= 4 is 15.9 Å². The van der Waals surface area contributed by atoms with Gasteiger partial charge in [0.1, 0.15) is 6.04 Å². The molecule has 3 N–H and O–H groups in total. The Kier molecular flexibility index (Phi) is 3.33.